The summed E-state index contributed by atoms with van der Waals surface area (Å²) in [5.74, 6) is 3.72. The van der Waals surface area contributed by atoms with Crippen LogP contribution in [0.1, 0.15) is 40.5 Å². The summed E-state index contributed by atoms with van der Waals surface area (Å²) in [5.41, 5.74) is 0.376. The molecule has 0 aromatic heterocycles. The molecule has 2 nitrogen and oxygen atoms in total. The fourth-order valence-electron chi connectivity index (χ4n) is 3.12. The van der Waals surface area contributed by atoms with Gasteiger partial charge in [-0.2, -0.15) is 11.8 Å². The highest BCUT2D eigenvalue weighted by atomic mass is 32.2. The van der Waals surface area contributed by atoms with Gasteiger partial charge >= 0.3 is 0 Å². The van der Waals surface area contributed by atoms with Gasteiger partial charge in [-0.3, -0.25) is 4.90 Å². The van der Waals surface area contributed by atoms with Crippen LogP contribution in [0.4, 0.5) is 0 Å². The number of nitrogens with zero attached hydrogens (tertiary/aromatic N) is 1. The molecule has 2 rings (SSSR count). The SMILES string of the molecule is CCC1CNC(C(C)(C)C)CN1CC1CCSC1. The van der Waals surface area contributed by atoms with Gasteiger partial charge in [-0.15, -0.1) is 0 Å². The van der Waals surface area contributed by atoms with Crippen molar-refractivity contribution in [2.45, 2.75) is 52.6 Å². The molecule has 3 atom stereocenters. The molecule has 106 valence electrons. The van der Waals surface area contributed by atoms with Crippen molar-refractivity contribution >= 4 is 11.8 Å². The molecule has 2 fully saturated rings. The molecule has 0 spiro atoms. The monoisotopic (exact) mass is 270 g/mol. The first-order valence-electron chi connectivity index (χ1n) is 7.56. The van der Waals surface area contributed by atoms with Crippen LogP contribution in [0.5, 0.6) is 0 Å². The van der Waals surface area contributed by atoms with Crippen molar-refractivity contribution < 1.29 is 0 Å². The second-order valence-electron chi connectivity index (χ2n) is 7.07. The molecule has 2 aliphatic rings. The largest absolute Gasteiger partial charge is 0.311 e. The van der Waals surface area contributed by atoms with Gasteiger partial charge < -0.3 is 5.32 Å². The van der Waals surface area contributed by atoms with Crippen molar-refractivity contribution in [3.8, 4) is 0 Å². The Labute approximate surface area is 117 Å². The third-order valence-corrected chi connectivity index (χ3v) is 5.80. The Morgan fingerprint density at radius 2 is 2.11 bits per heavy atom. The van der Waals surface area contributed by atoms with Crippen LogP contribution in [0.15, 0.2) is 0 Å². The second-order valence-corrected chi connectivity index (χ2v) is 8.22. The van der Waals surface area contributed by atoms with Crippen LogP contribution in [0, 0.1) is 11.3 Å². The molecule has 0 aromatic carbocycles. The predicted molar refractivity (Wildman–Crippen MR) is 82.3 cm³/mol. The van der Waals surface area contributed by atoms with Gasteiger partial charge in [0.2, 0.25) is 0 Å². The van der Waals surface area contributed by atoms with Crippen LogP contribution in [0.2, 0.25) is 0 Å². The first kappa shape index (κ1) is 14.7. The maximum atomic E-state index is 3.77. The first-order chi connectivity index (χ1) is 8.50. The maximum Gasteiger partial charge on any atom is 0.0244 e. The number of thioether (sulfide) groups is 1. The Morgan fingerprint density at radius 3 is 2.67 bits per heavy atom. The number of rotatable bonds is 3. The molecule has 2 aliphatic heterocycles. The predicted octanol–water partition coefficient (Wildman–Crippen LogP) is 2.84. The summed E-state index contributed by atoms with van der Waals surface area (Å²) in [6, 6.07) is 1.41. The molecule has 0 amide bonds. The van der Waals surface area contributed by atoms with Crippen LogP contribution < -0.4 is 5.32 Å². The highest BCUT2D eigenvalue weighted by Crippen LogP contribution is 2.28. The quantitative estimate of drug-likeness (QED) is 0.849. The van der Waals surface area contributed by atoms with E-state index in [0.29, 0.717) is 11.5 Å². The molecule has 0 aromatic rings. The van der Waals surface area contributed by atoms with E-state index < -0.39 is 0 Å². The standard InChI is InChI=1S/C15H30N2S/c1-5-13-8-16-14(15(2,3)4)10-17(13)9-12-6-7-18-11-12/h12-14,16H,5-11H2,1-4H3. The lowest BCUT2D eigenvalue weighted by atomic mass is 9.84. The lowest BCUT2D eigenvalue weighted by Gasteiger charge is -2.45. The molecular formula is C15H30N2S. The topological polar surface area (TPSA) is 15.3 Å². The van der Waals surface area contributed by atoms with Crippen LogP contribution in [0.25, 0.3) is 0 Å². The van der Waals surface area contributed by atoms with E-state index in [1.165, 1.54) is 44.0 Å². The Bertz CT molecular complexity index is 256. The van der Waals surface area contributed by atoms with Crippen molar-refractivity contribution in [1.82, 2.24) is 10.2 Å². The summed E-state index contributed by atoms with van der Waals surface area (Å²) in [4.78, 5) is 2.78. The maximum absolute atomic E-state index is 3.77. The van der Waals surface area contributed by atoms with Crippen molar-refractivity contribution in [3.05, 3.63) is 0 Å². The summed E-state index contributed by atoms with van der Waals surface area (Å²) in [6.07, 6.45) is 2.72. The van der Waals surface area contributed by atoms with Crippen molar-refractivity contribution in [2.75, 3.05) is 31.1 Å². The molecule has 0 aliphatic carbocycles. The van der Waals surface area contributed by atoms with Gasteiger partial charge in [0, 0.05) is 31.7 Å². The molecule has 0 saturated carbocycles. The Balaban J connectivity index is 1.94. The summed E-state index contributed by atoms with van der Waals surface area (Å²) in [7, 11) is 0. The zero-order chi connectivity index (χ0) is 13.2. The summed E-state index contributed by atoms with van der Waals surface area (Å²) >= 11 is 2.14. The summed E-state index contributed by atoms with van der Waals surface area (Å²) in [5, 5.41) is 3.77. The first-order valence-corrected chi connectivity index (χ1v) is 8.71. The molecule has 0 radical (unpaired) electrons. The van der Waals surface area contributed by atoms with E-state index in [1.54, 1.807) is 0 Å². The molecule has 3 heteroatoms. The fraction of sp³-hybridized carbons (Fsp3) is 1.00. The normalized spacial score (nSPS) is 35.0. The molecule has 2 saturated heterocycles. The third kappa shape index (κ3) is 3.64. The van der Waals surface area contributed by atoms with E-state index in [-0.39, 0.29) is 0 Å². The summed E-state index contributed by atoms with van der Waals surface area (Å²) in [6.45, 7) is 13.2. The van der Waals surface area contributed by atoms with E-state index in [9.17, 15) is 0 Å². The number of nitrogens with one attached hydrogen (secondary N) is 1. The molecule has 18 heavy (non-hydrogen) atoms. The van der Waals surface area contributed by atoms with E-state index in [4.69, 9.17) is 0 Å². The zero-order valence-corrected chi connectivity index (χ0v) is 13.4. The van der Waals surface area contributed by atoms with E-state index >= 15 is 0 Å². The van der Waals surface area contributed by atoms with Gasteiger partial charge in [0.15, 0.2) is 0 Å². The van der Waals surface area contributed by atoms with Crippen LogP contribution in [-0.4, -0.2) is 48.1 Å². The number of piperazine rings is 1. The van der Waals surface area contributed by atoms with Gasteiger partial charge in [0.1, 0.15) is 0 Å². The van der Waals surface area contributed by atoms with Gasteiger partial charge in [0.25, 0.3) is 0 Å². The van der Waals surface area contributed by atoms with Gasteiger partial charge in [-0.25, -0.2) is 0 Å². The molecule has 3 unspecified atom stereocenters. The highest BCUT2D eigenvalue weighted by molar-refractivity contribution is 7.99. The third-order valence-electron chi connectivity index (χ3n) is 4.57. The summed E-state index contributed by atoms with van der Waals surface area (Å²) < 4.78 is 0. The second kappa shape index (κ2) is 6.15. The lowest BCUT2D eigenvalue weighted by molar-refractivity contribution is 0.0728. The van der Waals surface area contributed by atoms with Gasteiger partial charge in [-0.1, -0.05) is 27.7 Å². The van der Waals surface area contributed by atoms with E-state index in [0.717, 1.165) is 12.0 Å². The average molecular weight is 270 g/mol. The Morgan fingerprint density at radius 1 is 1.33 bits per heavy atom. The fourth-order valence-corrected chi connectivity index (χ4v) is 4.39. The Hall–Kier alpha value is 0.270. The van der Waals surface area contributed by atoms with Crippen LogP contribution >= 0.6 is 11.8 Å². The van der Waals surface area contributed by atoms with Gasteiger partial charge in [-0.05, 0) is 35.7 Å². The highest BCUT2D eigenvalue weighted by Gasteiger charge is 2.34. The van der Waals surface area contributed by atoms with Crippen molar-refractivity contribution in [1.29, 1.82) is 0 Å². The van der Waals surface area contributed by atoms with Crippen molar-refractivity contribution in [3.63, 3.8) is 0 Å². The van der Waals surface area contributed by atoms with Crippen LogP contribution in [0.3, 0.4) is 0 Å². The molecule has 2 heterocycles. The smallest absolute Gasteiger partial charge is 0.0244 e. The van der Waals surface area contributed by atoms with E-state index in [2.05, 4.69) is 49.7 Å². The van der Waals surface area contributed by atoms with E-state index in [1.807, 2.05) is 0 Å². The Kier molecular flexibility index (Phi) is 5.01. The molecule has 1 N–H and O–H groups in total. The number of hydrogen-bond donors (Lipinski definition) is 1. The zero-order valence-electron chi connectivity index (χ0n) is 12.5. The molecule has 0 bridgehead atoms. The van der Waals surface area contributed by atoms with Crippen molar-refractivity contribution in [2.24, 2.45) is 11.3 Å². The minimum atomic E-state index is 0.376. The lowest BCUT2D eigenvalue weighted by Crippen LogP contribution is -2.60. The minimum absolute atomic E-state index is 0.376. The van der Waals surface area contributed by atoms with Crippen LogP contribution in [-0.2, 0) is 0 Å². The number of hydrogen-bond acceptors (Lipinski definition) is 3. The average Bonchev–Trinajstić information content (AvgIpc) is 2.80. The molecular weight excluding hydrogens is 240 g/mol. The van der Waals surface area contributed by atoms with Gasteiger partial charge in [0.05, 0.1) is 0 Å². The minimum Gasteiger partial charge on any atom is -0.311 e.